The lowest BCUT2D eigenvalue weighted by atomic mass is 9.98. The molecule has 0 N–H and O–H groups in total. The van der Waals surface area contributed by atoms with E-state index in [0.717, 1.165) is 45.2 Å². The average Bonchev–Trinajstić information content (AvgIpc) is 3.23. The highest BCUT2D eigenvalue weighted by Crippen LogP contribution is 2.44. The predicted molar refractivity (Wildman–Crippen MR) is 113 cm³/mol. The Labute approximate surface area is 171 Å². The molecule has 1 aromatic carbocycles. The van der Waals surface area contributed by atoms with Crippen molar-refractivity contribution in [2.24, 2.45) is 7.05 Å². The third kappa shape index (κ3) is 2.85. The van der Waals surface area contributed by atoms with Gasteiger partial charge in [-0.05, 0) is 24.5 Å². The summed E-state index contributed by atoms with van der Waals surface area (Å²) in [5, 5.41) is 1.37. The van der Waals surface area contributed by atoms with E-state index in [1.54, 1.807) is 0 Å². The molecule has 29 heavy (non-hydrogen) atoms. The lowest BCUT2D eigenvalue weighted by Gasteiger charge is -2.36. The molecule has 2 aromatic heterocycles. The number of hydrogen-bond acceptors (Lipinski definition) is 5. The van der Waals surface area contributed by atoms with Gasteiger partial charge in [-0.3, -0.25) is 4.90 Å². The largest absolute Gasteiger partial charge is 0.378 e. The van der Waals surface area contributed by atoms with Gasteiger partial charge in [0.2, 0.25) is 5.95 Å². The molecule has 6 rings (SSSR count). The molecule has 0 spiro atoms. The van der Waals surface area contributed by atoms with Gasteiger partial charge in [0.15, 0.2) is 0 Å². The van der Waals surface area contributed by atoms with Crippen molar-refractivity contribution in [2.75, 3.05) is 31.2 Å². The Morgan fingerprint density at radius 3 is 2.90 bits per heavy atom. The van der Waals surface area contributed by atoms with Crippen molar-refractivity contribution < 1.29 is 4.74 Å². The minimum absolute atomic E-state index is 0.446. The Balaban J connectivity index is 1.30. The number of para-hydroxylation sites is 1. The fourth-order valence-corrected chi connectivity index (χ4v) is 5.47. The number of hydrogen-bond donors (Lipinski definition) is 0. The Bertz CT molecular complexity index is 1050. The Kier molecular flexibility index (Phi) is 4.09. The lowest BCUT2D eigenvalue weighted by Crippen LogP contribution is -2.40. The lowest BCUT2D eigenvalue weighted by molar-refractivity contribution is 0.122. The zero-order valence-electron chi connectivity index (χ0n) is 16.9. The predicted octanol–water partition coefficient (Wildman–Crippen LogP) is 3.07. The molecule has 2 bridgehead atoms. The summed E-state index contributed by atoms with van der Waals surface area (Å²) in [4.78, 5) is 14.7. The van der Waals surface area contributed by atoms with Gasteiger partial charge in [-0.15, -0.1) is 0 Å². The summed E-state index contributed by atoms with van der Waals surface area (Å²) in [5.41, 5.74) is 5.35. The molecule has 0 unspecified atom stereocenters. The fourth-order valence-electron chi connectivity index (χ4n) is 5.47. The van der Waals surface area contributed by atoms with Gasteiger partial charge in [0.05, 0.1) is 18.9 Å². The molecule has 6 nitrogen and oxygen atoms in total. The zero-order valence-corrected chi connectivity index (χ0v) is 16.9. The summed E-state index contributed by atoms with van der Waals surface area (Å²) in [7, 11) is 2.15. The number of aromatic nitrogens is 3. The van der Waals surface area contributed by atoms with E-state index in [9.17, 15) is 0 Å². The van der Waals surface area contributed by atoms with Gasteiger partial charge in [0.25, 0.3) is 0 Å². The maximum atomic E-state index is 5.48. The normalized spacial score (nSPS) is 24.2. The van der Waals surface area contributed by atoms with Crippen molar-refractivity contribution >= 4 is 16.9 Å². The van der Waals surface area contributed by atoms with Crippen molar-refractivity contribution in [2.45, 2.75) is 37.9 Å². The van der Waals surface area contributed by atoms with E-state index < -0.39 is 0 Å². The van der Waals surface area contributed by atoms with E-state index in [0.29, 0.717) is 12.1 Å². The third-order valence-electron chi connectivity index (χ3n) is 6.94. The van der Waals surface area contributed by atoms with Crippen LogP contribution in [0.4, 0.5) is 5.95 Å². The number of ether oxygens (including phenoxy) is 1. The Morgan fingerprint density at radius 1 is 1.14 bits per heavy atom. The summed E-state index contributed by atoms with van der Waals surface area (Å²) in [6, 6.07) is 9.76. The number of nitrogens with zero attached hydrogens (tertiary/aromatic N) is 5. The quantitative estimate of drug-likeness (QED) is 0.689. The van der Waals surface area contributed by atoms with E-state index >= 15 is 0 Å². The van der Waals surface area contributed by atoms with Crippen LogP contribution in [0.25, 0.3) is 10.9 Å². The van der Waals surface area contributed by atoms with Crippen molar-refractivity contribution in [3.05, 3.63) is 53.5 Å². The molecule has 3 aromatic rings. The molecule has 150 valence electrons. The van der Waals surface area contributed by atoms with Gasteiger partial charge in [-0.25, -0.2) is 9.97 Å². The monoisotopic (exact) mass is 389 g/mol. The number of rotatable bonds is 3. The molecule has 0 saturated carbocycles. The summed E-state index contributed by atoms with van der Waals surface area (Å²) in [6.45, 7) is 4.31. The van der Waals surface area contributed by atoms with Gasteiger partial charge in [0.1, 0.15) is 0 Å². The van der Waals surface area contributed by atoms with Crippen molar-refractivity contribution in [3.63, 3.8) is 0 Å². The van der Waals surface area contributed by atoms with Crippen molar-refractivity contribution in [1.82, 2.24) is 19.4 Å². The van der Waals surface area contributed by atoms with Gasteiger partial charge >= 0.3 is 0 Å². The van der Waals surface area contributed by atoms with E-state index in [-0.39, 0.29) is 0 Å². The van der Waals surface area contributed by atoms with Gasteiger partial charge in [0, 0.05) is 74.0 Å². The van der Waals surface area contributed by atoms with Gasteiger partial charge < -0.3 is 14.2 Å². The first kappa shape index (κ1) is 17.4. The number of anilines is 1. The van der Waals surface area contributed by atoms with Crippen LogP contribution in [0.2, 0.25) is 0 Å². The second-order valence-corrected chi connectivity index (χ2v) is 8.58. The first-order valence-corrected chi connectivity index (χ1v) is 10.7. The second kappa shape index (κ2) is 6.82. The molecule has 0 amide bonds. The molecule has 6 heteroatoms. The smallest absolute Gasteiger partial charge is 0.225 e. The number of morpholine rings is 1. The molecule has 3 aliphatic rings. The topological polar surface area (TPSA) is 46.4 Å². The van der Waals surface area contributed by atoms with Crippen molar-refractivity contribution in [3.8, 4) is 0 Å². The molecule has 0 aliphatic carbocycles. The summed E-state index contributed by atoms with van der Waals surface area (Å²) >= 11 is 0. The Morgan fingerprint density at radius 2 is 2.00 bits per heavy atom. The fraction of sp³-hybridized carbons (Fsp3) is 0.478. The van der Waals surface area contributed by atoms with Crippen LogP contribution >= 0.6 is 0 Å². The molecule has 2 saturated heterocycles. The van der Waals surface area contributed by atoms with Crippen LogP contribution in [0.15, 0.2) is 36.7 Å². The second-order valence-electron chi connectivity index (χ2n) is 8.58. The standard InChI is InChI=1S/C23H27N5O/c1-26-14-16(18-4-2-3-5-21(18)26)15-28-17-6-7-22(28)19-13-24-23(25-20(19)12-17)27-8-10-29-11-9-27/h2-5,13-14,17,22H,6-12,15H2,1H3/t17-,22+/m0/s1. The molecule has 5 heterocycles. The van der Waals surface area contributed by atoms with Crippen LogP contribution in [-0.2, 0) is 24.8 Å². The van der Waals surface area contributed by atoms with Crippen LogP contribution in [0.5, 0.6) is 0 Å². The van der Waals surface area contributed by atoms with E-state index in [4.69, 9.17) is 14.7 Å². The number of fused-ring (bicyclic) bond motifs is 5. The highest BCUT2D eigenvalue weighted by Gasteiger charge is 2.41. The average molecular weight is 390 g/mol. The summed E-state index contributed by atoms with van der Waals surface area (Å²) < 4.78 is 7.73. The minimum atomic E-state index is 0.446. The zero-order chi connectivity index (χ0) is 19.4. The summed E-state index contributed by atoms with van der Waals surface area (Å²) in [6.07, 6.45) is 7.91. The van der Waals surface area contributed by atoms with E-state index in [2.05, 4.69) is 58.1 Å². The number of aryl methyl sites for hydroxylation is 1. The van der Waals surface area contributed by atoms with Crippen LogP contribution in [0.1, 0.15) is 35.7 Å². The molecule has 0 radical (unpaired) electrons. The maximum Gasteiger partial charge on any atom is 0.225 e. The summed E-state index contributed by atoms with van der Waals surface area (Å²) in [5.74, 6) is 0.883. The molecular weight excluding hydrogens is 362 g/mol. The molecule has 3 aliphatic heterocycles. The third-order valence-corrected chi connectivity index (χ3v) is 6.94. The maximum absolute atomic E-state index is 5.48. The van der Waals surface area contributed by atoms with Crippen LogP contribution in [0, 0.1) is 0 Å². The van der Waals surface area contributed by atoms with Crippen LogP contribution in [-0.4, -0.2) is 51.8 Å². The van der Waals surface area contributed by atoms with E-state index in [1.165, 1.54) is 40.6 Å². The number of benzene rings is 1. The van der Waals surface area contributed by atoms with Gasteiger partial charge in [-0.1, -0.05) is 18.2 Å². The minimum Gasteiger partial charge on any atom is -0.378 e. The molecule has 2 fully saturated rings. The van der Waals surface area contributed by atoms with Crippen LogP contribution in [0.3, 0.4) is 0 Å². The van der Waals surface area contributed by atoms with E-state index in [1.807, 2.05) is 0 Å². The van der Waals surface area contributed by atoms with Crippen molar-refractivity contribution in [1.29, 1.82) is 0 Å². The van der Waals surface area contributed by atoms with Crippen LogP contribution < -0.4 is 4.90 Å². The highest BCUT2D eigenvalue weighted by atomic mass is 16.5. The molecule has 2 atom stereocenters. The highest BCUT2D eigenvalue weighted by molar-refractivity contribution is 5.83. The van der Waals surface area contributed by atoms with Gasteiger partial charge in [-0.2, -0.15) is 0 Å². The Hall–Kier alpha value is -2.44. The first-order valence-electron chi connectivity index (χ1n) is 10.7. The molecular formula is C23H27N5O. The first-order chi connectivity index (χ1) is 14.3. The SMILES string of the molecule is Cn1cc(CN2[C@H]3CC[C@@H]2c2cnc(N4CCOCC4)nc2C3)c2ccccc21.